The van der Waals surface area contributed by atoms with Crippen molar-refractivity contribution in [1.29, 1.82) is 0 Å². The van der Waals surface area contributed by atoms with E-state index in [0.29, 0.717) is 12.4 Å². The maximum Gasteiger partial charge on any atom is 0.244 e. The van der Waals surface area contributed by atoms with Gasteiger partial charge in [-0.3, -0.25) is 10.3 Å². The summed E-state index contributed by atoms with van der Waals surface area (Å²) in [5, 5.41) is 14.4. The summed E-state index contributed by atoms with van der Waals surface area (Å²) in [6.07, 6.45) is 8.51. The number of rotatable bonds is 5. The molecule has 2 aromatic heterocycles. The lowest BCUT2D eigenvalue weighted by molar-refractivity contribution is -0.688. The van der Waals surface area contributed by atoms with E-state index >= 15 is 0 Å². The number of aromatic nitrogens is 6. The molecular formula is C9H14N6. The van der Waals surface area contributed by atoms with Crippen LogP contribution in [-0.2, 0) is 13.1 Å². The molecule has 0 saturated heterocycles. The van der Waals surface area contributed by atoms with E-state index in [4.69, 9.17) is 0 Å². The molecule has 2 aromatic rings. The van der Waals surface area contributed by atoms with Gasteiger partial charge in [0.25, 0.3) is 0 Å². The average molecular weight is 206 g/mol. The summed E-state index contributed by atoms with van der Waals surface area (Å²) in [7, 11) is 0. The molecule has 0 unspecified atom stereocenters. The third-order valence-electron chi connectivity index (χ3n) is 2.20. The first-order chi connectivity index (χ1) is 7.38. The fourth-order valence-corrected chi connectivity index (χ4v) is 1.40. The number of nitrogens with zero attached hydrogens (tertiary/aromatic N) is 6. The zero-order valence-corrected chi connectivity index (χ0v) is 8.74. The molecule has 0 aliphatic carbocycles. The van der Waals surface area contributed by atoms with Gasteiger partial charge in [-0.2, -0.15) is 5.21 Å². The summed E-state index contributed by atoms with van der Waals surface area (Å²) in [6.45, 7) is 3.88. The zero-order valence-electron chi connectivity index (χ0n) is 8.74. The lowest BCUT2D eigenvalue weighted by Gasteiger charge is -1.95. The number of unbranched alkanes of at least 4 members (excludes halogenated alkanes) is 1. The van der Waals surface area contributed by atoms with Crippen molar-refractivity contribution >= 4 is 0 Å². The maximum atomic E-state index is 3.78. The van der Waals surface area contributed by atoms with E-state index in [9.17, 15) is 0 Å². The highest BCUT2D eigenvalue weighted by Crippen LogP contribution is 1.93. The van der Waals surface area contributed by atoms with Gasteiger partial charge < -0.3 is 5.10 Å². The molecule has 2 heterocycles. The minimum atomic E-state index is 0.631. The topological polar surface area (TPSA) is 61.6 Å². The highest BCUT2D eigenvalue weighted by molar-refractivity contribution is 4.72. The van der Waals surface area contributed by atoms with Crippen LogP contribution in [0.3, 0.4) is 0 Å². The molecule has 0 bridgehead atoms. The monoisotopic (exact) mass is 206 g/mol. The Labute approximate surface area is 87.9 Å². The molecule has 2 rings (SSSR count). The molecule has 0 spiro atoms. The van der Waals surface area contributed by atoms with E-state index in [1.807, 2.05) is 17.1 Å². The van der Waals surface area contributed by atoms with Gasteiger partial charge in [-0.25, -0.2) is 9.13 Å². The van der Waals surface area contributed by atoms with E-state index in [1.165, 1.54) is 12.8 Å². The number of hydrogen-bond donors (Lipinski definition) is 0. The normalized spacial score (nSPS) is 10.7. The molecule has 15 heavy (non-hydrogen) atoms. The number of tetrazole rings is 1. The highest BCUT2D eigenvalue weighted by Gasteiger charge is 2.02. The van der Waals surface area contributed by atoms with Crippen molar-refractivity contribution in [3.05, 3.63) is 24.5 Å². The third-order valence-corrected chi connectivity index (χ3v) is 2.20. The molecule has 0 amide bonds. The lowest BCUT2D eigenvalue weighted by atomic mass is 10.3. The van der Waals surface area contributed by atoms with Gasteiger partial charge in [0.2, 0.25) is 6.33 Å². The van der Waals surface area contributed by atoms with Gasteiger partial charge in [-0.15, -0.1) is 0 Å². The van der Waals surface area contributed by atoms with E-state index in [-0.39, 0.29) is 0 Å². The largest absolute Gasteiger partial charge is 0.331 e. The molecule has 0 aliphatic heterocycles. The summed E-state index contributed by atoms with van der Waals surface area (Å²) in [6, 6.07) is 0. The van der Waals surface area contributed by atoms with E-state index < -0.39 is 0 Å². The van der Waals surface area contributed by atoms with Crippen LogP contribution in [0.5, 0.6) is 0 Å². The Morgan fingerprint density at radius 3 is 3.20 bits per heavy atom. The Kier molecular flexibility index (Phi) is 3.06. The van der Waals surface area contributed by atoms with Crippen LogP contribution >= 0.6 is 0 Å². The van der Waals surface area contributed by atoms with Crippen LogP contribution < -0.4 is 9.67 Å². The Morgan fingerprint density at radius 1 is 1.53 bits per heavy atom. The molecule has 0 aliphatic rings. The molecule has 0 aromatic carbocycles. The first-order valence-electron chi connectivity index (χ1n) is 5.11. The second-order valence-corrected chi connectivity index (χ2v) is 3.47. The van der Waals surface area contributed by atoms with Crippen molar-refractivity contribution in [3.63, 3.8) is 0 Å². The van der Waals surface area contributed by atoms with E-state index in [0.717, 1.165) is 6.54 Å². The van der Waals surface area contributed by atoms with Crippen LogP contribution in [0, 0.1) is 0 Å². The van der Waals surface area contributed by atoms with Crippen molar-refractivity contribution in [2.45, 2.75) is 32.9 Å². The second-order valence-electron chi connectivity index (χ2n) is 3.47. The predicted octanol–water partition coefficient (Wildman–Crippen LogP) is -0.234. The SMILES string of the molecule is CCCCn1cc[n+](Cc2nnn[n-]2)c1. The summed E-state index contributed by atoms with van der Waals surface area (Å²) in [5.74, 6) is 0.647. The molecular weight excluding hydrogens is 192 g/mol. The highest BCUT2D eigenvalue weighted by atomic mass is 15.5. The van der Waals surface area contributed by atoms with Crippen LogP contribution in [-0.4, -0.2) is 20.1 Å². The molecule has 6 nitrogen and oxygen atoms in total. The lowest BCUT2D eigenvalue weighted by Crippen LogP contribution is -2.32. The van der Waals surface area contributed by atoms with E-state index in [2.05, 4.69) is 38.3 Å². The van der Waals surface area contributed by atoms with Crippen LogP contribution in [0.2, 0.25) is 0 Å². The molecule has 6 heteroatoms. The Balaban J connectivity index is 1.95. The Hall–Kier alpha value is -1.72. The standard InChI is InChI=1S/C9H14N6/c1-2-3-4-14-5-6-15(8-14)7-9-10-12-13-11-9/h5-6,8H,2-4,7H2,1H3. The van der Waals surface area contributed by atoms with E-state index in [1.54, 1.807) is 0 Å². The third kappa shape index (κ3) is 2.61. The van der Waals surface area contributed by atoms with Crippen LogP contribution in [0.4, 0.5) is 0 Å². The van der Waals surface area contributed by atoms with Gasteiger partial charge in [0, 0.05) is 0 Å². The van der Waals surface area contributed by atoms with Crippen molar-refractivity contribution in [1.82, 2.24) is 25.2 Å². The Bertz CT molecular complexity index is 390. The Morgan fingerprint density at radius 2 is 2.47 bits per heavy atom. The molecule has 0 fully saturated rings. The number of imidazole rings is 1. The number of aryl methyl sites for hydroxylation is 1. The van der Waals surface area contributed by atoms with Crippen LogP contribution in [0.1, 0.15) is 25.6 Å². The average Bonchev–Trinajstić information content (AvgIpc) is 2.87. The molecule has 80 valence electrons. The second kappa shape index (κ2) is 4.68. The summed E-state index contributed by atoms with van der Waals surface area (Å²) in [5.41, 5.74) is 0. The minimum Gasteiger partial charge on any atom is -0.331 e. The van der Waals surface area contributed by atoms with Crippen molar-refractivity contribution < 1.29 is 4.57 Å². The van der Waals surface area contributed by atoms with Crippen LogP contribution in [0.25, 0.3) is 0 Å². The first kappa shape index (κ1) is 9.82. The molecule has 0 atom stereocenters. The minimum absolute atomic E-state index is 0.631. The summed E-state index contributed by atoms with van der Waals surface area (Å²) in [4.78, 5) is 0. The van der Waals surface area contributed by atoms with Gasteiger partial charge in [-0.1, -0.05) is 13.3 Å². The summed E-state index contributed by atoms with van der Waals surface area (Å²) >= 11 is 0. The van der Waals surface area contributed by atoms with Gasteiger partial charge >= 0.3 is 0 Å². The van der Waals surface area contributed by atoms with Crippen molar-refractivity contribution in [3.8, 4) is 0 Å². The molecule has 0 radical (unpaired) electrons. The zero-order chi connectivity index (χ0) is 10.5. The van der Waals surface area contributed by atoms with Crippen molar-refractivity contribution in [2.75, 3.05) is 0 Å². The van der Waals surface area contributed by atoms with Gasteiger partial charge in [-0.05, 0) is 6.42 Å². The van der Waals surface area contributed by atoms with Crippen molar-refractivity contribution in [2.24, 2.45) is 0 Å². The molecule has 0 saturated carbocycles. The fourth-order valence-electron chi connectivity index (χ4n) is 1.40. The number of hydrogen-bond acceptors (Lipinski definition) is 3. The predicted molar refractivity (Wildman–Crippen MR) is 51.8 cm³/mol. The van der Waals surface area contributed by atoms with Gasteiger partial charge in [0.15, 0.2) is 0 Å². The van der Waals surface area contributed by atoms with Gasteiger partial charge in [0.05, 0.1) is 12.4 Å². The molecule has 0 N–H and O–H groups in total. The summed E-state index contributed by atoms with van der Waals surface area (Å²) < 4.78 is 4.18. The smallest absolute Gasteiger partial charge is 0.244 e. The van der Waals surface area contributed by atoms with Gasteiger partial charge in [0.1, 0.15) is 18.9 Å². The fraction of sp³-hybridized carbons (Fsp3) is 0.556. The van der Waals surface area contributed by atoms with Crippen LogP contribution in [0.15, 0.2) is 18.7 Å². The first-order valence-corrected chi connectivity index (χ1v) is 5.11. The maximum absolute atomic E-state index is 3.78. The quantitative estimate of drug-likeness (QED) is 0.634.